The van der Waals surface area contributed by atoms with Gasteiger partial charge in [0.1, 0.15) is 5.15 Å². The zero-order valence-electron chi connectivity index (χ0n) is 12.7. The summed E-state index contributed by atoms with van der Waals surface area (Å²) in [6.07, 6.45) is 2.95. The first-order valence-corrected chi connectivity index (χ1v) is 8.10. The van der Waals surface area contributed by atoms with E-state index in [0.717, 1.165) is 44.8 Å². The van der Waals surface area contributed by atoms with Gasteiger partial charge < -0.3 is 4.90 Å². The minimum atomic E-state index is 0.448. The lowest BCUT2D eigenvalue weighted by molar-refractivity contribution is 0.238. The van der Waals surface area contributed by atoms with E-state index < -0.39 is 0 Å². The maximum Gasteiger partial charge on any atom is 0.130 e. The molecule has 0 radical (unpaired) electrons. The largest absolute Gasteiger partial charge is 0.304 e. The molecule has 3 nitrogen and oxygen atoms in total. The molecule has 5 heteroatoms. The van der Waals surface area contributed by atoms with E-state index in [1.54, 1.807) is 12.3 Å². The molecule has 0 unspecified atom stereocenters. The van der Waals surface area contributed by atoms with Crippen molar-refractivity contribution in [1.82, 2.24) is 14.8 Å². The first-order valence-electron chi connectivity index (χ1n) is 7.35. The van der Waals surface area contributed by atoms with Gasteiger partial charge >= 0.3 is 0 Å². The lowest BCUT2D eigenvalue weighted by Crippen LogP contribution is -2.29. The van der Waals surface area contributed by atoms with Crippen molar-refractivity contribution in [3.05, 3.63) is 28.0 Å². The van der Waals surface area contributed by atoms with Gasteiger partial charge in [-0.3, -0.25) is 4.90 Å². The maximum absolute atomic E-state index is 6.20. The van der Waals surface area contributed by atoms with Crippen LogP contribution in [0.25, 0.3) is 0 Å². The van der Waals surface area contributed by atoms with Gasteiger partial charge in [0.2, 0.25) is 0 Å². The van der Waals surface area contributed by atoms with Crippen molar-refractivity contribution in [2.75, 3.05) is 32.7 Å². The number of pyridine rings is 1. The molecular weight excluding hydrogens is 293 g/mol. The predicted octanol–water partition coefficient (Wildman–Crippen LogP) is 3.94. The summed E-state index contributed by atoms with van der Waals surface area (Å²) in [5.41, 5.74) is 1.04. The molecule has 0 fully saturated rings. The first-order chi connectivity index (χ1) is 9.60. The number of nitrogens with zero attached hydrogens (tertiary/aromatic N) is 3. The Morgan fingerprint density at radius 3 is 2.15 bits per heavy atom. The van der Waals surface area contributed by atoms with Gasteiger partial charge in [-0.15, -0.1) is 0 Å². The van der Waals surface area contributed by atoms with Crippen molar-refractivity contribution in [3.8, 4) is 0 Å². The standard InChI is InChI=1S/C15H25Cl2N3/c1-4-19(5-2)8-7-9-20(6-3)12-13-11-18-15(17)10-14(13)16/h10-11H,4-9,12H2,1-3H3. The zero-order valence-corrected chi connectivity index (χ0v) is 14.2. The molecule has 0 aliphatic heterocycles. The van der Waals surface area contributed by atoms with Gasteiger partial charge in [0.15, 0.2) is 0 Å². The highest BCUT2D eigenvalue weighted by molar-refractivity contribution is 6.34. The molecule has 1 aromatic heterocycles. The van der Waals surface area contributed by atoms with E-state index in [1.807, 2.05) is 0 Å². The number of aromatic nitrogens is 1. The predicted molar refractivity (Wildman–Crippen MR) is 87.6 cm³/mol. The monoisotopic (exact) mass is 317 g/mol. The highest BCUT2D eigenvalue weighted by atomic mass is 35.5. The maximum atomic E-state index is 6.20. The van der Waals surface area contributed by atoms with E-state index in [0.29, 0.717) is 10.2 Å². The molecule has 1 heterocycles. The quantitative estimate of drug-likeness (QED) is 0.643. The van der Waals surface area contributed by atoms with Crippen LogP contribution in [0, 0.1) is 0 Å². The Morgan fingerprint density at radius 2 is 1.60 bits per heavy atom. The van der Waals surface area contributed by atoms with Gasteiger partial charge in [0.25, 0.3) is 0 Å². The van der Waals surface area contributed by atoms with Crippen LogP contribution in [0.2, 0.25) is 10.2 Å². The minimum absolute atomic E-state index is 0.448. The first kappa shape index (κ1) is 17.7. The van der Waals surface area contributed by atoms with Crippen LogP contribution in [0.4, 0.5) is 0 Å². The van der Waals surface area contributed by atoms with Crippen molar-refractivity contribution < 1.29 is 0 Å². The molecule has 0 N–H and O–H groups in total. The summed E-state index contributed by atoms with van der Waals surface area (Å²) in [7, 11) is 0. The Hall–Kier alpha value is -0.350. The molecule has 0 saturated carbocycles. The summed E-state index contributed by atoms with van der Waals surface area (Å²) in [5, 5.41) is 1.15. The van der Waals surface area contributed by atoms with E-state index in [9.17, 15) is 0 Å². The Kier molecular flexibility index (Phi) is 8.46. The lowest BCUT2D eigenvalue weighted by atomic mass is 10.2. The van der Waals surface area contributed by atoms with Crippen LogP contribution in [0.5, 0.6) is 0 Å². The van der Waals surface area contributed by atoms with Crippen molar-refractivity contribution >= 4 is 23.2 Å². The van der Waals surface area contributed by atoms with Crippen LogP contribution in [-0.2, 0) is 6.54 Å². The second-order valence-electron chi connectivity index (χ2n) is 4.85. The van der Waals surface area contributed by atoms with E-state index in [1.165, 1.54) is 6.42 Å². The Bertz CT molecular complexity index is 395. The molecule has 0 amide bonds. The summed E-state index contributed by atoms with van der Waals surface area (Å²) in [4.78, 5) is 8.95. The normalized spacial score (nSPS) is 11.6. The van der Waals surface area contributed by atoms with Gasteiger partial charge in [-0.2, -0.15) is 0 Å². The Balaban J connectivity index is 2.46. The van der Waals surface area contributed by atoms with E-state index >= 15 is 0 Å². The van der Waals surface area contributed by atoms with Crippen molar-refractivity contribution in [1.29, 1.82) is 0 Å². The average Bonchev–Trinajstić information content (AvgIpc) is 2.44. The fourth-order valence-electron chi connectivity index (χ4n) is 2.20. The van der Waals surface area contributed by atoms with Crippen molar-refractivity contribution in [2.45, 2.75) is 33.7 Å². The van der Waals surface area contributed by atoms with Gasteiger partial charge in [-0.25, -0.2) is 4.98 Å². The van der Waals surface area contributed by atoms with Crippen LogP contribution in [0.3, 0.4) is 0 Å². The summed E-state index contributed by atoms with van der Waals surface area (Å²) in [5.74, 6) is 0. The SMILES string of the molecule is CCN(CC)CCCN(CC)Cc1cnc(Cl)cc1Cl. The average molecular weight is 318 g/mol. The highest BCUT2D eigenvalue weighted by Gasteiger charge is 2.09. The molecule has 1 aromatic rings. The zero-order chi connectivity index (χ0) is 15.0. The number of rotatable bonds is 9. The third-order valence-electron chi connectivity index (χ3n) is 3.58. The molecule has 0 spiro atoms. The molecule has 114 valence electrons. The molecule has 0 aromatic carbocycles. The molecule has 0 atom stereocenters. The molecule has 0 saturated heterocycles. The third kappa shape index (κ3) is 5.96. The lowest BCUT2D eigenvalue weighted by Gasteiger charge is -2.23. The molecular formula is C15H25Cl2N3. The fourth-order valence-corrected chi connectivity index (χ4v) is 2.63. The van der Waals surface area contributed by atoms with Gasteiger partial charge in [0.05, 0.1) is 0 Å². The van der Waals surface area contributed by atoms with Crippen LogP contribution in [-0.4, -0.2) is 47.5 Å². The van der Waals surface area contributed by atoms with Gasteiger partial charge in [-0.1, -0.05) is 44.0 Å². The van der Waals surface area contributed by atoms with Gasteiger partial charge in [-0.05, 0) is 45.2 Å². The molecule has 0 aliphatic carbocycles. The topological polar surface area (TPSA) is 19.4 Å². The second kappa shape index (κ2) is 9.56. The highest BCUT2D eigenvalue weighted by Crippen LogP contribution is 2.20. The Morgan fingerprint density at radius 1 is 1.00 bits per heavy atom. The van der Waals surface area contributed by atoms with Gasteiger partial charge in [0, 0.05) is 23.3 Å². The second-order valence-corrected chi connectivity index (χ2v) is 5.64. The molecule has 20 heavy (non-hydrogen) atoms. The van der Waals surface area contributed by atoms with E-state index in [-0.39, 0.29) is 0 Å². The number of hydrogen-bond acceptors (Lipinski definition) is 3. The van der Waals surface area contributed by atoms with Crippen LogP contribution in [0.1, 0.15) is 32.8 Å². The fraction of sp³-hybridized carbons (Fsp3) is 0.667. The molecule has 1 rings (SSSR count). The summed E-state index contributed by atoms with van der Waals surface area (Å²) in [6, 6.07) is 1.71. The van der Waals surface area contributed by atoms with Crippen molar-refractivity contribution in [3.63, 3.8) is 0 Å². The van der Waals surface area contributed by atoms with Crippen LogP contribution >= 0.6 is 23.2 Å². The molecule has 0 aliphatic rings. The van der Waals surface area contributed by atoms with E-state index in [2.05, 4.69) is 35.6 Å². The smallest absolute Gasteiger partial charge is 0.130 e. The van der Waals surface area contributed by atoms with Crippen molar-refractivity contribution in [2.24, 2.45) is 0 Å². The third-order valence-corrected chi connectivity index (χ3v) is 4.14. The van der Waals surface area contributed by atoms with E-state index in [4.69, 9.17) is 23.2 Å². The summed E-state index contributed by atoms with van der Waals surface area (Å²) >= 11 is 12.0. The summed E-state index contributed by atoms with van der Waals surface area (Å²) < 4.78 is 0. The number of halogens is 2. The Labute approximate surface area is 132 Å². The summed E-state index contributed by atoms with van der Waals surface area (Å²) in [6.45, 7) is 12.9. The molecule has 0 bridgehead atoms. The number of hydrogen-bond donors (Lipinski definition) is 0. The van der Waals surface area contributed by atoms with Crippen LogP contribution in [0.15, 0.2) is 12.3 Å². The van der Waals surface area contributed by atoms with Crippen LogP contribution < -0.4 is 0 Å². The minimum Gasteiger partial charge on any atom is -0.304 e.